The summed E-state index contributed by atoms with van der Waals surface area (Å²) in [6.07, 6.45) is 0.686. The van der Waals surface area contributed by atoms with Gasteiger partial charge in [0.1, 0.15) is 11.4 Å². The van der Waals surface area contributed by atoms with E-state index in [9.17, 15) is 9.90 Å². The first-order valence-corrected chi connectivity index (χ1v) is 8.18. The molecule has 0 radical (unpaired) electrons. The lowest BCUT2D eigenvalue weighted by Crippen LogP contribution is -2.57. The van der Waals surface area contributed by atoms with Crippen molar-refractivity contribution in [2.75, 3.05) is 31.5 Å². The molecule has 1 atom stereocenters. The van der Waals surface area contributed by atoms with E-state index in [1.165, 1.54) is 0 Å². The molecular formula is C16H28N4O3. The molecule has 0 unspecified atom stereocenters. The van der Waals surface area contributed by atoms with Crippen molar-refractivity contribution in [2.24, 2.45) is 0 Å². The summed E-state index contributed by atoms with van der Waals surface area (Å²) in [5.74, 6) is 0.698. The summed E-state index contributed by atoms with van der Waals surface area (Å²) in [4.78, 5) is 16.6. The minimum atomic E-state index is -0.722. The smallest absolute Gasteiger partial charge is 0.322 e. The van der Waals surface area contributed by atoms with E-state index in [1.807, 2.05) is 25.7 Å². The minimum Gasteiger partial charge on any atom is -0.389 e. The molecule has 0 bridgehead atoms. The first-order chi connectivity index (χ1) is 10.7. The molecular weight excluding hydrogens is 296 g/mol. The third-order valence-electron chi connectivity index (χ3n) is 4.07. The van der Waals surface area contributed by atoms with Gasteiger partial charge in [0, 0.05) is 38.6 Å². The fourth-order valence-corrected chi connectivity index (χ4v) is 3.02. The Kier molecular flexibility index (Phi) is 5.31. The Morgan fingerprint density at radius 3 is 2.74 bits per heavy atom. The molecule has 23 heavy (non-hydrogen) atoms. The lowest BCUT2D eigenvalue weighted by molar-refractivity contribution is 0.0130. The topological polar surface area (TPSA) is 81.8 Å². The number of aromatic nitrogens is 1. The molecule has 0 spiro atoms. The fourth-order valence-electron chi connectivity index (χ4n) is 3.02. The molecule has 2 N–H and O–H groups in total. The zero-order chi connectivity index (χ0) is 17.2. The highest BCUT2D eigenvalue weighted by molar-refractivity contribution is 5.90. The van der Waals surface area contributed by atoms with Crippen molar-refractivity contribution in [3.05, 3.63) is 11.5 Å². The molecule has 130 valence electrons. The maximum absolute atomic E-state index is 12.6. The molecule has 1 aromatic heterocycles. The Morgan fingerprint density at radius 1 is 1.48 bits per heavy atom. The maximum atomic E-state index is 12.6. The second-order valence-corrected chi connectivity index (χ2v) is 6.94. The molecule has 2 amide bonds. The van der Waals surface area contributed by atoms with Gasteiger partial charge in [0.05, 0.1) is 5.60 Å². The van der Waals surface area contributed by atoms with Crippen LogP contribution in [0.1, 0.15) is 39.1 Å². The minimum absolute atomic E-state index is 0.0799. The van der Waals surface area contributed by atoms with Gasteiger partial charge in [-0.15, -0.1) is 0 Å². The van der Waals surface area contributed by atoms with Crippen LogP contribution >= 0.6 is 0 Å². The Balaban J connectivity index is 1.97. The standard InChI is InChI=1S/C16H28N4O3/c1-6-13-14(12(3)18-23-13)17-15(21)20-8-7-19(9-11(20)2)10-16(4,5)22/h11,22H,6-10H2,1-5H3,(H,17,21)/t11-/m0/s1. The third-order valence-corrected chi connectivity index (χ3v) is 4.07. The highest BCUT2D eigenvalue weighted by Crippen LogP contribution is 2.22. The number of hydrogen-bond donors (Lipinski definition) is 2. The number of aliphatic hydroxyl groups is 1. The van der Waals surface area contributed by atoms with Gasteiger partial charge in [-0.2, -0.15) is 0 Å². The summed E-state index contributed by atoms with van der Waals surface area (Å²) >= 11 is 0. The molecule has 0 aromatic carbocycles. The molecule has 1 aliphatic rings. The number of anilines is 1. The number of carbonyl (C=O) groups is 1. The number of aryl methyl sites for hydroxylation is 2. The SMILES string of the molecule is CCc1onc(C)c1NC(=O)N1CCN(CC(C)(C)O)C[C@@H]1C. The van der Waals surface area contributed by atoms with Crippen molar-refractivity contribution >= 4 is 11.7 Å². The van der Waals surface area contributed by atoms with Crippen LogP contribution in [0.3, 0.4) is 0 Å². The number of amides is 2. The molecule has 1 saturated heterocycles. The fraction of sp³-hybridized carbons (Fsp3) is 0.750. The van der Waals surface area contributed by atoms with Gasteiger partial charge in [0.2, 0.25) is 0 Å². The molecule has 7 nitrogen and oxygen atoms in total. The average molecular weight is 324 g/mol. The molecule has 1 aliphatic heterocycles. The highest BCUT2D eigenvalue weighted by Gasteiger charge is 2.30. The zero-order valence-electron chi connectivity index (χ0n) is 14.7. The monoisotopic (exact) mass is 324 g/mol. The summed E-state index contributed by atoms with van der Waals surface area (Å²) in [7, 11) is 0. The number of β-amino-alcohol motifs (C(OH)–C–C–N with tert-alkyl or cyclic N) is 1. The first-order valence-electron chi connectivity index (χ1n) is 8.18. The van der Waals surface area contributed by atoms with Crippen molar-refractivity contribution in [1.82, 2.24) is 15.0 Å². The van der Waals surface area contributed by atoms with E-state index in [0.717, 1.165) is 13.1 Å². The van der Waals surface area contributed by atoms with Gasteiger partial charge in [-0.3, -0.25) is 4.90 Å². The number of piperazine rings is 1. The normalized spacial score (nSPS) is 19.9. The number of nitrogens with one attached hydrogen (secondary N) is 1. The third kappa shape index (κ3) is 4.45. The summed E-state index contributed by atoms with van der Waals surface area (Å²) in [6.45, 7) is 12.2. The number of rotatable bonds is 4. The number of carbonyl (C=O) groups excluding carboxylic acids is 1. The van der Waals surface area contributed by atoms with E-state index in [1.54, 1.807) is 13.8 Å². The first kappa shape index (κ1) is 17.7. The molecule has 2 rings (SSSR count). The van der Waals surface area contributed by atoms with Gasteiger partial charge in [-0.25, -0.2) is 4.79 Å². The van der Waals surface area contributed by atoms with Crippen LogP contribution in [0.2, 0.25) is 0 Å². The predicted molar refractivity (Wildman–Crippen MR) is 88.5 cm³/mol. The van der Waals surface area contributed by atoms with Crippen LogP contribution < -0.4 is 5.32 Å². The molecule has 7 heteroatoms. The second kappa shape index (κ2) is 6.88. The Bertz CT molecular complexity index is 550. The largest absolute Gasteiger partial charge is 0.389 e. The number of hydrogen-bond acceptors (Lipinski definition) is 5. The van der Waals surface area contributed by atoms with Crippen molar-refractivity contribution in [1.29, 1.82) is 0 Å². The lowest BCUT2D eigenvalue weighted by Gasteiger charge is -2.41. The molecule has 0 aliphatic carbocycles. The van der Waals surface area contributed by atoms with Crippen LogP contribution in [-0.2, 0) is 6.42 Å². The van der Waals surface area contributed by atoms with E-state index in [-0.39, 0.29) is 12.1 Å². The maximum Gasteiger partial charge on any atom is 0.322 e. The van der Waals surface area contributed by atoms with Gasteiger partial charge in [-0.05, 0) is 27.7 Å². The van der Waals surface area contributed by atoms with Crippen LogP contribution in [0.15, 0.2) is 4.52 Å². The molecule has 2 heterocycles. The van der Waals surface area contributed by atoms with Crippen LogP contribution in [0.25, 0.3) is 0 Å². The molecule has 1 fully saturated rings. The van der Waals surface area contributed by atoms with E-state index in [4.69, 9.17) is 4.52 Å². The molecule has 0 saturated carbocycles. The number of nitrogens with zero attached hydrogens (tertiary/aromatic N) is 3. The summed E-state index contributed by atoms with van der Waals surface area (Å²) < 4.78 is 5.21. The Morgan fingerprint density at radius 2 is 2.17 bits per heavy atom. The highest BCUT2D eigenvalue weighted by atomic mass is 16.5. The quantitative estimate of drug-likeness (QED) is 0.883. The average Bonchev–Trinajstić information content (AvgIpc) is 2.77. The van der Waals surface area contributed by atoms with Crippen molar-refractivity contribution < 1.29 is 14.4 Å². The van der Waals surface area contributed by atoms with E-state index >= 15 is 0 Å². The van der Waals surface area contributed by atoms with E-state index < -0.39 is 5.60 Å². The van der Waals surface area contributed by atoms with Crippen molar-refractivity contribution in [3.8, 4) is 0 Å². The number of urea groups is 1. The molecule has 1 aromatic rings. The summed E-state index contributed by atoms with van der Waals surface area (Å²) in [5, 5.41) is 16.8. The van der Waals surface area contributed by atoms with E-state index in [0.29, 0.717) is 36.7 Å². The van der Waals surface area contributed by atoms with Crippen LogP contribution in [0.4, 0.5) is 10.5 Å². The second-order valence-electron chi connectivity index (χ2n) is 6.94. The van der Waals surface area contributed by atoms with Gasteiger partial charge in [-0.1, -0.05) is 12.1 Å². The predicted octanol–water partition coefficient (Wildman–Crippen LogP) is 1.85. The van der Waals surface area contributed by atoms with Gasteiger partial charge >= 0.3 is 6.03 Å². The van der Waals surface area contributed by atoms with Gasteiger partial charge < -0.3 is 19.8 Å². The van der Waals surface area contributed by atoms with E-state index in [2.05, 4.69) is 15.4 Å². The van der Waals surface area contributed by atoms with Gasteiger partial charge in [0.15, 0.2) is 5.76 Å². The summed E-state index contributed by atoms with van der Waals surface area (Å²) in [5.41, 5.74) is 0.659. The van der Waals surface area contributed by atoms with Crippen LogP contribution in [0, 0.1) is 6.92 Å². The van der Waals surface area contributed by atoms with Crippen LogP contribution in [-0.4, -0.2) is 63.9 Å². The van der Waals surface area contributed by atoms with Crippen molar-refractivity contribution in [2.45, 2.75) is 52.7 Å². The summed E-state index contributed by atoms with van der Waals surface area (Å²) in [6, 6.07) is -0.0437. The van der Waals surface area contributed by atoms with Crippen LogP contribution in [0.5, 0.6) is 0 Å². The Hall–Kier alpha value is -1.60. The Labute approximate surface area is 137 Å². The van der Waals surface area contributed by atoms with Crippen molar-refractivity contribution in [3.63, 3.8) is 0 Å². The zero-order valence-corrected chi connectivity index (χ0v) is 14.7. The lowest BCUT2D eigenvalue weighted by atomic mass is 10.1. The van der Waals surface area contributed by atoms with Gasteiger partial charge in [0.25, 0.3) is 0 Å².